The van der Waals surface area contributed by atoms with E-state index in [0.29, 0.717) is 17.9 Å². The Labute approximate surface area is 156 Å². The highest BCUT2D eigenvalue weighted by molar-refractivity contribution is 7.98. The minimum absolute atomic E-state index is 0.116. The molecule has 3 N–H and O–H groups in total. The maximum Gasteiger partial charge on any atom is 0.255 e. The van der Waals surface area contributed by atoms with Crippen LogP contribution in [0.1, 0.15) is 28.9 Å². The van der Waals surface area contributed by atoms with Crippen molar-refractivity contribution < 1.29 is 0 Å². The van der Waals surface area contributed by atoms with Crippen LogP contribution >= 0.6 is 11.8 Å². The second kappa shape index (κ2) is 9.19. The number of hydrogen-bond donors (Lipinski definition) is 3. The van der Waals surface area contributed by atoms with Crippen molar-refractivity contribution in [3.63, 3.8) is 0 Å². The van der Waals surface area contributed by atoms with Crippen molar-refractivity contribution in [3.05, 3.63) is 69.9 Å². The Morgan fingerprint density at radius 1 is 1.27 bits per heavy atom. The van der Waals surface area contributed by atoms with E-state index in [9.17, 15) is 4.79 Å². The number of aromatic nitrogens is 5. The number of thioether (sulfide) groups is 1. The van der Waals surface area contributed by atoms with Crippen molar-refractivity contribution in [1.29, 1.82) is 0 Å². The topological polar surface area (TPSA) is 99.3 Å². The van der Waals surface area contributed by atoms with Gasteiger partial charge in [0.05, 0.1) is 12.0 Å². The number of rotatable bonds is 9. The van der Waals surface area contributed by atoms with Crippen LogP contribution in [0.2, 0.25) is 0 Å². The molecule has 26 heavy (non-hydrogen) atoms. The molecule has 3 heterocycles. The van der Waals surface area contributed by atoms with Crippen molar-refractivity contribution in [1.82, 2.24) is 24.9 Å². The predicted octanol–water partition coefficient (Wildman–Crippen LogP) is 2.52. The van der Waals surface area contributed by atoms with Crippen LogP contribution in [0.15, 0.2) is 41.8 Å². The molecular formula is C18H22N6OS. The number of pyridine rings is 1. The van der Waals surface area contributed by atoms with Crippen LogP contribution in [0.5, 0.6) is 0 Å². The highest BCUT2D eigenvalue weighted by Crippen LogP contribution is 2.13. The summed E-state index contributed by atoms with van der Waals surface area (Å²) in [4.78, 5) is 30.7. The van der Waals surface area contributed by atoms with Crippen LogP contribution in [-0.2, 0) is 12.2 Å². The van der Waals surface area contributed by atoms with E-state index in [0.717, 1.165) is 41.4 Å². The summed E-state index contributed by atoms with van der Waals surface area (Å²) < 4.78 is 0. The van der Waals surface area contributed by atoms with Crippen molar-refractivity contribution in [3.8, 4) is 0 Å². The van der Waals surface area contributed by atoms with Gasteiger partial charge < -0.3 is 10.3 Å². The molecule has 136 valence electrons. The lowest BCUT2D eigenvalue weighted by atomic mass is 10.1. The standard InChI is InChI=1S/C18H22N6OS/c1-13-16(23-12-22-13)11-26-7-3-6-20-18-21-10-15(17(25)24-18)8-14-4-2-5-19-9-14/h2,4-5,9-10,12H,3,6-8,11H2,1H3,(H,22,23)(H2,20,21,24,25). The van der Waals surface area contributed by atoms with E-state index in [2.05, 4.69) is 30.2 Å². The van der Waals surface area contributed by atoms with Crippen LogP contribution in [0.4, 0.5) is 5.95 Å². The summed E-state index contributed by atoms with van der Waals surface area (Å²) in [5.74, 6) is 2.44. The number of aryl methyl sites for hydroxylation is 1. The molecule has 0 aliphatic carbocycles. The number of aromatic amines is 2. The molecule has 0 saturated heterocycles. The first-order valence-corrected chi connectivity index (χ1v) is 9.65. The van der Waals surface area contributed by atoms with E-state index < -0.39 is 0 Å². The Balaban J connectivity index is 1.40. The van der Waals surface area contributed by atoms with Gasteiger partial charge in [0.1, 0.15) is 0 Å². The van der Waals surface area contributed by atoms with Gasteiger partial charge in [0.25, 0.3) is 5.56 Å². The zero-order chi connectivity index (χ0) is 18.2. The fourth-order valence-corrected chi connectivity index (χ4v) is 3.42. The van der Waals surface area contributed by atoms with Crippen molar-refractivity contribution in [2.24, 2.45) is 0 Å². The molecule has 3 rings (SSSR count). The normalized spacial score (nSPS) is 10.8. The van der Waals surface area contributed by atoms with Gasteiger partial charge in [0.2, 0.25) is 5.95 Å². The van der Waals surface area contributed by atoms with Gasteiger partial charge in [-0.15, -0.1) is 0 Å². The summed E-state index contributed by atoms with van der Waals surface area (Å²) in [6.45, 7) is 2.79. The van der Waals surface area contributed by atoms with E-state index in [-0.39, 0.29) is 5.56 Å². The SMILES string of the molecule is Cc1[nH]cnc1CSCCCNc1ncc(Cc2cccnc2)c(=O)[nH]1. The Kier molecular flexibility index (Phi) is 6.43. The summed E-state index contributed by atoms with van der Waals surface area (Å²) in [6, 6.07) is 3.80. The fraction of sp³-hybridized carbons (Fsp3) is 0.333. The van der Waals surface area contributed by atoms with Gasteiger partial charge >= 0.3 is 0 Å². The molecule has 7 nitrogen and oxygen atoms in total. The summed E-state index contributed by atoms with van der Waals surface area (Å²) in [5, 5.41) is 3.17. The number of H-pyrrole nitrogens is 2. The highest BCUT2D eigenvalue weighted by Gasteiger charge is 2.04. The molecule has 0 aliphatic heterocycles. The lowest BCUT2D eigenvalue weighted by Crippen LogP contribution is -2.17. The second-order valence-electron chi connectivity index (χ2n) is 5.93. The van der Waals surface area contributed by atoms with Crippen LogP contribution in [-0.4, -0.2) is 37.2 Å². The van der Waals surface area contributed by atoms with Gasteiger partial charge in [-0.3, -0.25) is 14.8 Å². The van der Waals surface area contributed by atoms with E-state index >= 15 is 0 Å². The third kappa shape index (κ3) is 5.19. The van der Waals surface area contributed by atoms with E-state index in [1.165, 1.54) is 0 Å². The van der Waals surface area contributed by atoms with Crippen LogP contribution in [0, 0.1) is 6.92 Å². The Hall–Kier alpha value is -2.61. The smallest absolute Gasteiger partial charge is 0.255 e. The third-order valence-electron chi connectivity index (χ3n) is 3.92. The highest BCUT2D eigenvalue weighted by atomic mass is 32.2. The Morgan fingerprint density at radius 2 is 2.19 bits per heavy atom. The van der Waals surface area contributed by atoms with E-state index in [4.69, 9.17) is 0 Å². The van der Waals surface area contributed by atoms with Crippen molar-refractivity contribution in [2.75, 3.05) is 17.6 Å². The molecule has 0 atom stereocenters. The monoisotopic (exact) mass is 370 g/mol. The largest absolute Gasteiger partial charge is 0.356 e. The van der Waals surface area contributed by atoms with Gasteiger partial charge in [0, 0.05) is 48.6 Å². The zero-order valence-electron chi connectivity index (χ0n) is 14.7. The quantitative estimate of drug-likeness (QED) is 0.501. The Morgan fingerprint density at radius 3 is 2.92 bits per heavy atom. The number of hydrogen-bond acceptors (Lipinski definition) is 6. The minimum Gasteiger partial charge on any atom is -0.356 e. The minimum atomic E-state index is -0.116. The molecule has 0 fully saturated rings. The van der Waals surface area contributed by atoms with E-state index in [1.54, 1.807) is 24.9 Å². The molecular weight excluding hydrogens is 348 g/mol. The maximum absolute atomic E-state index is 12.2. The van der Waals surface area contributed by atoms with Gasteiger partial charge in [-0.2, -0.15) is 11.8 Å². The molecule has 0 aliphatic rings. The molecule has 3 aromatic rings. The molecule has 0 amide bonds. The predicted molar refractivity (Wildman–Crippen MR) is 104 cm³/mol. The first kappa shape index (κ1) is 18.2. The lowest BCUT2D eigenvalue weighted by Gasteiger charge is -2.06. The third-order valence-corrected chi connectivity index (χ3v) is 4.98. The first-order valence-electron chi connectivity index (χ1n) is 8.50. The number of nitrogens with one attached hydrogen (secondary N) is 3. The van der Waals surface area contributed by atoms with Gasteiger partial charge in [0.15, 0.2) is 0 Å². The van der Waals surface area contributed by atoms with Crippen LogP contribution in [0.3, 0.4) is 0 Å². The van der Waals surface area contributed by atoms with Gasteiger partial charge in [-0.05, 0) is 30.7 Å². The lowest BCUT2D eigenvalue weighted by molar-refractivity contribution is 0.942. The fourth-order valence-electron chi connectivity index (χ4n) is 2.44. The number of nitrogens with zero attached hydrogens (tertiary/aromatic N) is 3. The molecule has 0 spiro atoms. The molecule has 8 heteroatoms. The summed E-state index contributed by atoms with van der Waals surface area (Å²) in [7, 11) is 0. The van der Waals surface area contributed by atoms with Gasteiger partial charge in [-0.1, -0.05) is 6.07 Å². The molecule has 0 aromatic carbocycles. The van der Waals surface area contributed by atoms with Crippen LogP contribution in [0.25, 0.3) is 0 Å². The van der Waals surface area contributed by atoms with Crippen molar-refractivity contribution >= 4 is 17.7 Å². The summed E-state index contributed by atoms with van der Waals surface area (Å²) in [5.41, 5.74) is 3.75. The van der Waals surface area contributed by atoms with Crippen molar-refractivity contribution in [2.45, 2.75) is 25.5 Å². The van der Waals surface area contributed by atoms with E-state index in [1.807, 2.05) is 30.8 Å². The first-order chi connectivity index (χ1) is 12.7. The summed E-state index contributed by atoms with van der Waals surface area (Å²) >= 11 is 1.85. The number of imidazole rings is 1. The second-order valence-corrected chi connectivity index (χ2v) is 7.04. The average molecular weight is 370 g/mol. The summed E-state index contributed by atoms with van der Waals surface area (Å²) in [6.07, 6.45) is 8.34. The molecule has 3 aromatic heterocycles. The number of anilines is 1. The van der Waals surface area contributed by atoms with Gasteiger partial charge in [-0.25, -0.2) is 9.97 Å². The molecule has 0 radical (unpaired) electrons. The zero-order valence-corrected chi connectivity index (χ0v) is 15.5. The maximum atomic E-state index is 12.2. The van der Waals surface area contributed by atoms with Crippen LogP contribution < -0.4 is 10.9 Å². The average Bonchev–Trinajstić information content (AvgIpc) is 3.06. The molecule has 0 bridgehead atoms. The molecule has 0 saturated carbocycles. The Bertz CT molecular complexity index is 877. The molecule has 0 unspecified atom stereocenters.